The predicted molar refractivity (Wildman–Crippen MR) is 79.4 cm³/mol. The molecule has 0 bridgehead atoms. The molecule has 0 fully saturated rings. The Morgan fingerprint density at radius 2 is 1.82 bits per heavy atom. The van der Waals surface area contributed by atoms with E-state index in [0.29, 0.717) is 0 Å². The highest BCUT2D eigenvalue weighted by atomic mass is 19.4. The second kappa shape index (κ2) is 6.79. The van der Waals surface area contributed by atoms with Crippen LogP contribution in [0.2, 0.25) is 0 Å². The number of fused-ring (bicyclic) bond motifs is 1. The van der Waals surface area contributed by atoms with Gasteiger partial charge in [0.25, 0.3) is 0 Å². The summed E-state index contributed by atoms with van der Waals surface area (Å²) >= 11 is 0. The van der Waals surface area contributed by atoms with E-state index in [1.54, 1.807) is 6.92 Å². The van der Waals surface area contributed by atoms with Crippen molar-refractivity contribution in [1.82, 2.24) is 10.6 Å². The summed E-state index contributed by atoms with van der Waals surface area (Å²) in [6.45, 7) is 0.258. The summed E-state index contributed by atoms with van der Waals surface area (Å²) in [6.07, 6.45) is -4.32. The Balaban J connectivity index is 1.92. The summed E-state index contributed by atoms with van der Waals surface area (Å²) in [7, 11) is 0. The van der Waals surface area contributed by atoms with Gasteiger partial charge in [-0.3, -0.25) is 4.79 Å². The molecular formula is C16H17F3N2O. The third-order valence-electron chi connectivity index (χ3n) is 3.26. The molecule has 2 N–H and O–H groups in total. The van der Waals surface area contributed by atoms with Crippen molar-refractivity contribution in [3.63, 3.8) is 0 Å². The molecule has 0 aliphatic carbocycles. The van der Waals surface area contributed by atoms with Crippen LogP contribution in [0, 0.1) is 0 Å². The first-order valence-electron chi connectivity index (χ1n) is 6.91. The molecule has 0 aliphatic heterocycles. The Kier molecular flexibility index (Phi) is 5.03. The van der Waals surface area contributed by atoms with Crippen molar-refractivity contribution in [2.24, 2.45) is 0 Å². The maximum atomic E-state index is 12.0. The highest BCUT2D eigenvalue weighted by Crippen LogP contribution is 2.20. The van der Waals surface area contributed by atoms with Crippen molar-refractivity contribution < 1.29 is 18.0 Å². The molecule has 2 aromatic rings. The maximum absolute atomic E-state index is 12.0. The summed E-state index contributed by atoms with van der Waals surface area (Å²) in [5.74, 6) is -0.468. The highest BCUT2D eigenvalue weighted by molar-refractivity contribution is 5.83. The molecule has 0 saturated carbocycles. The zero-order valence-corrected chi connectivity index (χ0v) is 12.1. The summed E-state index contributed by atoms with van der Waals surface area (Å²) < 4.78 is 36.0. The van der Waals surface area contributed by atoms with Crippen LogP contribution >= 0.6 is 0 Å². The number of hydrogen-bond acceptors (Lipinski definition) is 2. The lowest BCUT2D eigenvalue weighted by atomic mass is 10.0. The van der Waals surface area contributed by atoms with E-state index in [1.165, 1.54) is 0 Å². The van der Waals surface area contributed by atoms with E-state index < -0.39 is 18.6 Å². The predicted octanol–water partition coefficient (Wildman–Crippen LogP) is 3.17. The Morgan fingerprint density at radius 1 is 1.14 bits per heavy atom. The molecule has 0 heterocycles. The van der Waals surface area contributed by atoms with Crippen molar-refractivity contribution >= 4 is 16.7 Å². The quantitative estimate of drug-likeness (QED) is 0.890. The average Bonchev–Trinajstić information content (AvgIpc) is 2.45. The van der Waals surface area contributed by atoms with Gasteiger partial charge in [-0.25, -0.2) is 0 Å². The number of carbonyl (C=O) groups is 1. The zero-order valence-electron chi connectivity index (χ0n) is 12.1. The number of alkyl halides is 3. The second-order valence-electron chi connectivity index (χ2n) is 5.11. The van der Waals surface area contributed by atoms with Gasteiger partial charge < -0.3 is 10.6 Å². The molecule has 3 nitrogen and oxygen atoms in total. The van der Waals surface area contributed by atoms with E-state index in [9.17, 15) is 18.0 Å². The maximum Gasteiger partial charge on any atom is 0.401 e. The van der Waals surface area contributed by atoms with Crippen LogP contribution in [-0.4, -0.2) is 25.2 Å². The first kappa shape index (κ1) is 16.3. The van der Waals surface area contributed by atoms with Crippen LogP contribution in [0.1, 0.15) is 18.5 Å². The van der Waals surface area contributed by atoms with E-state index >= 15 is 0 Å². The lowest BCUT2D eigenvalue weighted by Gasteiger charge is -2.16. The fourth-order valence-electron chi connectivity index (χ4n) is 2.17. The van der Waals surface area contributed by atoms with Crippen LogP contribution in [-0.2, 0) is 4.79 Å². The SMILES string of the molecule is C[C@H](NC(=O)CNCC(F)(F)F)c1ccc2ccccc2c1. The van der Waals surface area contributed by atoms with Gasteiger partial charge in [0.15, 0.2) is 0 Å². The molecule has 6 heteroatoms. The van der Waals surface area contributed by atoms with Gasteiger partial charge in [0.2, 0.25) is 5.91 Å². The summed E-state index contributed by atoms with van der Waals surface area (Å²) in [6, 6.07) is 13.4. The molecule has 0 spiro atoms. The first-order valence-corrected chi connectivity index (χ1v) is 6.91. The molecule has 0 aliphatic rings. The third-order valence-corrected chi connectivity index (χ3v) is 3.26. The largest absolute Gasteiger partial charge is 0.401 e. The molecule has 0 radical (unpaired) electrons. The number of carbonyl (C=O) groups excluding carboxylic acids is 1. The minimum Gasteiger partial charge on any atom is -0.348 e. The van der Waals surface area contributed by atoms with Crippen molar-refractivity contribution in [2.45, 2.75) is 19.1 Å². The highest BCUT2D eigenvalue weighted by Gasteiger charge is 2.26. The molecule has 118 valence electrons. The summed E-state index contributed by atoms with van der Waals surface area (Å²) in [4.78, 5) is 11.6. The summed E-state index contributed by atoms with van der Waals surface area (Å²) in [5, 5.41) is 6.90. The number of halogens is 3. The van der Waals surface area contributed by atoms with Gasteiger partial charge in [-0.2, -0.15) is 13.2 Å². The van der Waals surface area contributed by atoms with Crippen molar-refractivity contribution in [2.75, 3.05) is 13.1 Å². The second-order valence-corrected chi connectivity index (χ2v) is 5.11. The first-order chi connectivity index (χ1) is 10.3. The Hall–Kier alpha value is -2.08. The van der Waals surface area contributed by atoms with Gasteiger partial charge in [0.05, 0.1) is 19.1 Å². The van der Waals surface area contributed by atoms with Crippen molar-refractivity contribution in [3.05, 3.63) is 48.0 Å². The van der Waals surface area contributed by atoms with Crippen LogP contribution in [0.4, 0.5) is 13.2 Å². The molecule has 0 unspecified atom stereocenters. The number of hydrogen-bond donors (Lipinski definition) is 2. The van der Waals surface area contributed by atoms with Gasteiger partial charge in [0.1, 0.15) is 0 Å². The molecule has 1 amide bonds. The normalized spacial score (nSPS) is 13.1. The number of rotatable bonds is 5. The standard InChI is InChI=1S/C16H17F3N2O/c1-11(21-15(22)9-20-10-16(17,18)19)13-7-6-12-4-2-3-5-14(12)8-13/h2-8,11,20H,9-10H2,1H3,(H,21,22)/t11-/m0/s1. The fraction of sp³-hybridized carbons (Fsp3) is 0.312. The fourth-order valence-corrected chi connectivity index (χ4v) is 2.17. The Morgan fingerprint density at radius 3 is 2.50 bits per heavy atom. The Labute approximate surface area is 126 Å². The monoisotopic (exact) mass is 310 g/mol. The molecule has 0 saturated heterocycles. The lowest BCUT2D eigenvalue weighted by molar-refractivity contribution is -0.128. The van der Waals surface area contributed by atoms with Crippen LogP contribution < -0.4 is 10.6 Å². The van der Waals surface area contributed by atoms with Gasteiger partial charge in [-0.05, 0) is 29.3 Å². The summed E-state index contributed by atoms with van der Waals surface area (Å²) in [5.41, 5.74) is 0.905. The van der Waals surface area contributed by atoms with Gasteiger partial charge in [-0.1, -0.05) is 36.4 Å². The smallest absolute Gasteiger partial charge is 0.348 e. The molecule has 0 aromatic heterocycles. The van der Waals surface area contributed by atoms with E-state index in [0.717, 1.165) is 16.3 Å². The minimum absolute atomic E-state index is 0.273. The molecule has 2 aromatic carbocycles. The van der Waals surface area contributed by atoms with Gasteiger partial charge in [0, 0.05) is 0 Å². The average molecular weight is 310 g/mol. The van der Waals surface area contributed by atoms with Gasteiger partial charge in [-0.15, -0.1) is 0 Å². The van der Waals surface area contributed by atoms with E-state index in [1.807, 2.05) is 42.5 Å². The molecule has 2 rings (SSSR count). The molecule has 22 heavy (non-hydrogen) atoms. The van der Waals surface area contributed by atoms with Crippen LogP contribution in [0.15, 0.2) is 42.5 Å². The van der Waals surface area contributed by atoms with Crippen LogP contribution in [0.5, 0.6) is 0 Å². The number of amides is 1. The van der Waals surface area contributed by atoms with E-state index in [-0.39, 0.29) is 12.6 Å². The topological polar surface area (TPSA) is 41.1 Å². The molecular weight excluding hydrogens is 293 g/mol. The Bertz CT molecular complexity index is 655. The molecule has 1 atom stereocenters. The van der Waals surface area contributed by atoms with E-state index in [4.69, 9.17) is 0 Å². The number of benzene rings is 2. The minimum atomic E-state index is -4.32. The zero-order chi connectivity index (χ0) is 16.2. The number of nitrogens with one attached hydrogen (secondary N) is 2. The van der Waals surface area contributed by atoms with Gasteiger partial charge >= 0.3 is 6.18 Å². The third kappa shape index (κ3) is 4.73. The lowest BCUT2D eigenvalue weighted by Crippen LogP contribution is -2.39. The van der Waals surface area contributed by atoms with Crippen LogP contribution in [0.3, 0.4) is 0 Å². The van der Waals surface area contributed by atoms with Crippen molar-refractivity contribution in [3.8, 4) is 0 Å². The van der Waals surface area contributed by atoms with Crippen LogP contribution in [0.25, 0.3) is 10.8 Å². The van der Waals surface area contributed by atoms with E-state index in [2.05, 4.69) is 10.6 Å². The van der Waals surface area contributed by atoms with Crippen molar-refractivity contribution in [1.29, 1.82) is 0 Å².